The van der Waals surface area contributed by atoms with Crippen molar-refractivity contribution in [1.82, 2.24) is 0 Å². The first-order valence-corrected chi connectivity index (χ1v) is 6.73. The van der Waals surface area contributed by atoms with Gasteiger partial charge in [-0.05, 0) is 30.9 Å². The second-order valence-electron chi connectivity index (χ2n) is 4.39. The monoisotopic (exact) mass is 258 g/mol. The van der Waals surface area contributed by atoms with Crippen LogP contribution in [0.4, 0.5) is 0 Å². The zero-order valence-electron chi connectivity index (χ0n) is 11.5. The van der Waals surface area contributed by atoms with Gasteiger partial charge in [-0.2, -0.15) is 0 Å². The largest absolute Gasteiger partial charge is 0.372 e. The van der Waals surface area contributed by atoms with E-state index in [1.54, 1.807) is 0 Å². The van der Waals surface area contributed by atoms with E-state index < -0.39 is 0 Å². The molecule has 0 spiro atoms. The topological polar surface area (TPSA) is 26.3 Å². The molecule has 0 saturated heterocycles. The Balaban J connectivity index is 2.37. The van der Waals surface area contributed by atoms with Crippen molar-refractivity contribution in [3.63, 3.8) is 0 Å². The molecule has 0 bridgehead atoms. The number of ether oxygens (including phenoxy) is 1. The highest BCUT2D eigenvalue weighted by molar-refractivity contribution is 5.49. The number of carbonyl (C=O) groups excluding carboxylic acids is 1. The molecular weight excluding hydrogens is 236 g/mol. The van der Waals surface area contributed by atoms with Crippen LogP contribution < -0.4 is 0 Å². The van der Waals surface area contributed by atoms with Gasteiger partial charge in [-0.1, -0.05) is 48.6 Å². The molecule has 0 aliphatic rings. The summed E-state index contributed by atoms with van der Waals surface area (Å²) in [4.78, 5) is 10.3. The van der Waals surface area contributed by atoms with E-state index in [-0.39, 0.29) is 0 Å². The first-order valence-electron chi connectivity index (χ1n) is 6.73. The van der Waals surface area contributed by atoms with E-state index >= 15 is 0 Å². The molecule has 0 saturated carbocycles. The minimum Gasteiger partial charge on any atom is -0.372 e. The van der Waals surface area contributed by atoms with Crippen LogP contribution in [0, 0.1) is 0 Å². The van der Waals surface area contributed by atoms with E-state index in [9.17, 15) is 4.79 Å². The Hall–Kier alpha value is -1.67. The average molecular weight is 258 g/mol. The van der Waals surface area contributed by atoms with Crippen molar-refractivity contribution in [3.8, 4) is 0 Å². The summed E-state index contributed by atoms with van der Waals surface area (Å²) in [6, 6.07) is 10.1. The molecule has 19 heavy (non-hydrogen) atoms. The summed E-state index contributed by atoms with van der Waals surface area (Å²) in [5.41, 5.74) is 2.41. The Morgan fingerprint density at radius 2 is 2.05 bits per heavy atom. The maximum Gasteiger partial charge on any atom is 0.120 e. The van der Waals surface area contributed by atoms with E-state index in [1.165, 1.54) is 11.1 Å². The molecule has 0 heterocycles. The van der Waals surface area contributed by atoms with Crippen LogP contribution in [-0.2, 0) is 16.1 Å². The van der Waals surface area contributed by atoms with Gasteiger partial charge in [0, 0.05) is 6.42 Å². The molecule has 0 amide bonds. The zero-order valence-corrected chi connectivity index (χ0v) is 11.5. The first-order chi connectivity index (χ1) is 9.36. The fourth-order valence-electron chi connectivity index (χ4n) is 1.72. The van der Waals surface area contributed by atoms with Crippen molar-refractivity contribution < 1.29 is 9.53 Å². The van der Waals surface area contributed by atoms with Crippen LogP contribution in [-0.4, -0.2) is 12.9 Å². The van der Waals surface area contributed by atoms with Crippen molar-refractivity contribution in [2.75, 3.05) is 6.61 Å². The molecule has 102 valence electrons. The van der Waals surface area contributed by atoms with Gasteiger partial charge in [0.2, 0.25) is 0 Å². The first kappa shape index (κ1) is 15.4. The minimum absolute atomic E-state index is 0.617. The molecule has 1 rings (SSSR count). The van der Waals surface area contributed by atoms with Crippen molar-refractivity contribution in [2.24, 2.45) is 0 Å². The predicted molar refractivity (Wildman–Crippen MR) is 78.9 cm³/mol. The summed E-state index contributed by atoms with van der Waals surface area (Å²) in [5.74, 6) is 0. The number of benzene rings is 1. The van der Waals surface area contributed by atoms with Crippen molar-refractivity contribution in [1.29, 1.82) is 0 Å². The number of hydrogen-bond acceptors (Lipinski definition) is 2. The number of hydrogen-bond donors (Lipinski definition) is 0. The molecule has 0 unspecified atom stereocenters. The van der Waals surface area contributed by atoms with Crippen LogP contribution in [0.3, 0.4) is 0 Å². The lowest BCUT2D eigenvalue weighted by molar-refractivity contribution is -0.107. The number of aldehydes is 1. The SMILES string of the molecule is C/C=C/C=C(/CCCC=O)COCc1ccccc1. The highest BCUT2D eigenvalue weighted by atomic mass is 16.5. The Kier molecular flexibility index (Phi) is 8.32. The molecule has 0 radical (unpaired) electrons. The highest BCUT2D eigenvalue weighted by Crippen LogP contribution is 2.09. The number of allylic oxidation sites excluding steroid dienone is 3. The maximum absolute atomic E-state index is 10.3. The summed E-state index contributed by atoms with van der Waals surface area (Å²) in [6.07, 6.45) is 9.48. The third-order valence-electron chi connectivity index (χ3n) is 2.74. The molecule has 0 aliphatic carbocycles. The number of unbranched alkanes of at least 4 members (excludes halogenated alkanes) is 1. The highest BCUT2D eigenvalue weighted by Gasteiger charge is 1.98. The fourth-order valence-corrected chi connectivity index (χ4v) is 1.72. The van der Waals surface area contributed by atoms with E-state index in [0.717, 1.165) is 19.1 Å². The maximum atomic E-state index is 10.3. The summed E-state index contributed by atoms with van der Waals surface area (Å²) in [6.45, 7) is 3.24. The lowest BCUT2D eigenvalue weighted by atomic mass is 10.1. The van der Waals surface area contributed by atoms with Gasteiger partial charge in [0.1, 0.15) is 6.29 Å². The smallest absolute Gasteiger partial charge is 0.120 e. The second-order valence-corrected chi connectivity index (χ2v) is 4.39. The fraction of sp³-hybridized carbons (Fsp3) is 0.353. The average Bonchev–Trinajstić information content (AvgIpc) is 2.45. The van der Waals surface area contributed by atoms with E-state index in [1.807, 2.05) is 37.3 Å². The molecular formula is C17H22O2. The van der Waals surface area contributed by atoms with E-state index in [4.69, 9.17) is 4.74 Å². The van der Waals surface area contributed by atoms with Crippen LogP contribution in [0.25, 0.3) is 0 Å². The van der Waals surface area contributed by atoms with Gasteiger partial charge in [-0.25, -0.2) is 0 Å². The summed E-state index contributed by atoms with van der Waals surface area (Å²) >= 11 is 0. The molecule has 2 nitrogen and oxygen atoms in total. The van der Waals surface area contributed by atoms with Crippen molar-refractivity contribution in [2.45, 2.75) is 32.8 Å². The third-order valence-corrected chi connectivity index (χ3v) is 2.74. The standard InChI is InChI=1S/C17H22O2/c1-2-3-9-16(12-7-8-13-18)14-19-15-17-10-5-4-6-11-17/h2-6,9-11,13H,7-8,12,14-15H2,1H3/b3-2+,16-9-. The zero-order chi connectivity index (χ0) is 13.8. The van der Waals surface area contributed by atoms with Gasteiger partial charge < -0.3 is 9.53 Å². The molecule has 1 aromatic carbocycles. The summed E-state index contributed by atoms with van der Waals surface area (Å²) in [7, 11) is 0. The quantitative estimate of drug-likeness (QED) is 0.379. The van der Waals surface area contributed by atoms with Gasteiger partial charge in [-0.15, -0.1) is 0 Å². The lowest BCUT2D eigenvalue weighted by Gasteiger charge is -2.08. The normalized spacial score (nSPS) is 11.9. The van der Waals surface area contributed by atoms with Gasteiger partial charge in [0.15, 0.2) is 0 Å². The van der Waals surface area contributed by atoms with Crippen molar-refractivity contribution in [3.05, 3.63) is 59.7 Å². The molecule has 0 atom stereocenters. The lowest BCUT2D eigenvalue weighted by Crippen LogP contribution is -1.99. The number of carbonyl (C=O) groups is 1. The second kappa shape index (κ2) is 10.3. The molecule has 2 heteroatoms. The molecule has 1 aromatic rings. The Morgan fingerprint density at radius 3 is 2.74 bits per heavy atom. The van der Waals surface area contributed by atoms with Crippen LogP contribution in [0.5, 0.6) is 0 Å². The molecule has 0 N–H and O–H groups in total. The summed E-state index contributed by atoms with van der Waals surface area (Å²) in [5, 5.41) is 0. The minimum atomic E-state index is 0.617. The van der Waals surface area contributed by atoms with Gasteiger partial charge in [0.25, 0.3) is 0 Å². The van der Waals surface area contributed by atoms with Crippen LogP contribution in [0.2, 0.25) is 0 Å². The van der Waals surface area contributed by atoms with Crippen LogP contribution in [0.1, 0.15) is 31.7 Å². The van der Waals surface area contributed by atoms with Gasteiger partial charge >= 0.3 is 0 Å². The van der Waals surface area contributed by atoms with Crippen molar-refractivity contribution >= 4 is 6.29 Å². The molecule has 0 aromatic heterocycles. The van der Waals surface area contributed by atoms with Crippen LogP contribution in [0.15, 0.2) is 54.1 Å². The predicted octanol–water partition coefficient (Wildman–Crippen LogP) is 4.07. The van der Waals surface area contributed by atoms with E-state index in [0.29, 0.717) is 19.6 Å². The molecule has 0 fully saturated rings. The summed E-state index contributed by atoms with van der Waals surface area (Å²) < 4.78 is 5.72. The Labute approximate surface area is 115 Å². The third kappa shape index (κ3) is 7.37. The van der Waals surface area contributed by atoms with E-state index in [2.05, 4.69) is 18.2 Å². The van der Waals surface area contributed by atoms with Gasteiger partial charge in [-0.3, -0.25) is 0 Å². The molecule has 0 aliphatic heterocycles. The Morgan fingerprint density at radius 1 is 1.26 bits per heavy atom. The van der Waals surface area contributed by atoms with Crippen LogP contribution >= 0.6 is 0 Å². The van der Waals surface area contributed by atoms with Gasteiger partial charge in [0.05, 0.1) is 13.2 Å². The Bertz CT molecular complexity index is 405. The number of rotatable bonds is 9.